The number of carbonyl (C=O) groups excluding carboxylic acids is 1. The number of rotatable bonds is 5. The predicted octanol–water partition coefficient (Wildman–Crippen LogP) is 3.44. The molecule has 2 heterocycles. The van der Waals surface area contributed by atoms with Crippen LogP contribution in [0.25, 0.3) is 0 Å². The molecular formula is C20H31N3OS. The number of nitrogens with zero attached hydrogens (tertiary/aromatic N) is 2. The van der Waals surface area contributed by atoms with Crippen molar-refractivity contribution in [2.45, 2.75) is 45.2 Å². The van der Waals surface area contributed by atoms with Crippen LogP contribution >= 0.6 is 11.8 Å². The molecule has 1 N–H and O–H groups in total. The van der Waals surface area contributed by atoms with Crippen molar-refractivity contribution in [3.05, 3.63) is 29.8 Å². The molecule has 2 fully saturated rings. The van der Waals surface area contributed by atoms with Gasteiger partial charge in [0.2, 0.25) is 5.91 Å². The molecule has 0 aliphatic carbocycles. The zero-order valence-corrected chi connectivity index (χ0v) is 16.2. The van der Waals surface area contributed by atoms with Crippen molar-refractivity contribution in [1.29, 1.82) is 0 Å². The fraction of sp³-hybridized carbons (Fsp3) is 0.650. The third kappa shape index (κ3) is 5.73. The first-order valence-corrected chi connectivity index (χ1v) is 10.8. The van der Waals surface area contributed by atoms with Gasteiger partial charge in [-0.2, -0.15) is 11.8 Å². The van der Waals surface area contributed by atoms with Gasteiger partial charge in [-0.3, -0.25) is 14.6 Å². The normalized spacial score (nSPS) is 21.5. The molecule has 2 saturated heterocycles. The van der Waals surface area contributed by atoms with Crippen LogP contribution in [-0.4, -0.2) is 59.4 Å². The van der Waals surface area contributed by atoms with E-state index < -0.39 is 0 Å². The van der Waals surface area contributed by atoms with E-state index in [0.29, 0.717) is 0 Å². The van der Waals surface area contributed by atoms with Crippen molar-refractivity contribution >= 4 is 23.4 Å². The van der Waals surface area contributed by atoms with E-state index >= 15 is 0 Å². The van der Waals surface area contributed by atoms with E-state index in [2.05, 4.69) is 33.3 Å². The van der Waals surface area contributed by atoms with Crippen molar-refractivity contribution in [2.75, 3.05) is 43.0 Å². The molecule has 2 aliphatic heterocycles. The van der Waals surface area contributed by atoms with E-state index in [1.807, 2.05) is 24.8 Å². The molecule has 1 atom stereocenters. The molecule has 0 spiro atoms. The number of anilines is 1. The van der Waals surface area contributed by atoms with E-state index in [1.165, 1.54) is 42.8 Å². The monoisotopic (exact) mass is 361 g/mol. The number of carbonyl (C=O) groups is 1. The van der Waals surface area contributed by atoms with Gasteiger partial charge in [0.15, 0.2) is 0 Å². The minimum Gasteiger partial charge on any atom is -0.325 e. The van der Waals surface area contributed by atoms with Gasteiger partial charge in [0.1, 0.15) is 0 Å². The average molecular weight is 362 g/mol. The molecule has 5 heteroatoms. The van der Waals surface area contributed by atoms with Gasteiger partial charge in [-0.1, -0.05) is 25.0 Å². The SMILES string of the molecule is CC(C(=O)Nc1cccc(CN2CCSCC2)c1)N1CCCCCC1. The second-order valence-electron chi connectivity index (χ2n) is 7.20. The number of nitrogens with one attached hydrogen (secondary N) is 1. The molecule has 1 aromatic rings. The number of amides is 1. The zero-order chi connectivity index (χ0) is 17.5. The molecular weight excluding hydrogens is 330 g/mol. The van der Waals surface area contributed by atoms with Gasteiger partial charge in [-0.15, -0.1) is 0 Å². The third-order valence-corrected chi connectivity index (χ3v) is 6.21. The molecule has 2 aliphatic rings. The standard InChI is InChI=1S/C20H31N3OS/c1-17(23-9-4-2-3-5-10-23)20(24)21-19-8-6-7-18(15-19)16-22-11-13-25-14-12-22/h6-8,15,17H,2-5,9-14,16H2,1H3,(H,21,24). The quantitative estimate of drug-likeness (QED) is 0.871. The van der Waals surface area contributed by atoms with Crippen LogP contribution in [0.3, 0.4) is 0 Å². The van der Waals surface area contributed by atoms with Gasteiger partial charge in [0, 0.05) is 36.8 Å². The Morgan fingerprint density at radius 3 is 2.56 bits per heavy atom. The number of hydrogen-bond acceptors (Lipinski definition) is 4. The molecule has 0 saturated carbocycles. The van der Waals surface area contributed by atoms with E-state index in [-0.39, 0.29) is 11.9 Å². The molecule has 1 amide bonds. The Hall–Kier alpha value is -1.04. The summed E-state index contributed by atoms with van der Waals surface area (Å²) in [6.07, 6.45) is 5.01. The summed E-state index contributed by atoms with van der Waals surface area (Å²) in [6.45, 7) is 7.42. The lowest BCUT2D eigenvalue weighted by atomic mass is 10.1. The van der Waals surface area contributed by atoms with Gasteiger partial charge >= 0.3 is 0 Å². The molecule has 1 unspecified atom stereocenters. The molecule has 25 heavy (non-hydrogen) atoms. The summed E-state index contributed by atoms with van der Waals surface area (Å²) in [6, 6.07) is 8.30. The van der Waals surface area contributed by atoms with Crippen LogP contribution < -0.4 is 5.32 Å². The Kier molecular flexibility index (Phi) is 7.20. The predicted molar refractivity (Wildman–Crippen MR) is 107 cm³/mol. The minimum atomic E-state index is -0.0547. The van der Waals surface area contributed by atoms with Crippen LogP contribution in [0.2, 0.25) is 0 Å². The number of likely N-dealkylation sites (tertiary alicyclic amines) is 1. The summed E-state index contributed by atoms with van der Waals surface area (Å²) in [5.74, 6) is 2.57. The highest BCUT2D eigenvalue weighted by molar-refractivity contribution is 7.99. The van der Waals surface area contributed by atoms with Crippen molar-refractivity contribution in [1.82, 2.24) is 9.80 Å². The Morgan fingerprint density at radius 2 is 1.84 bits per heavy atom. The second-order valence-corrected chi connectivity index (χ2v) is 8.43. The molecule has 0 aromatic heterocycles. The van der Waals surface area contributed by atoms with Gasteiger partial charge in [-0.25, -0.2) is 0 Å². The highest BCUT2D eigenvalue weighted by atomic mass is 32.2. The van der Waals surface area contributed by atoms with Gasteiger partial charge in [0.25, 0.3) is 0 Å². The van der Waals surface area contributed by atoms with Crippen molar-refractivity contribution in [3.63, 3.8) is 0 Å². The Balaban J connectivity index is 1.56. The van der Waals surface area contributed by atoms with Crippen LogP contribution in [0.5, 0.6) is 0 Å². The molecule has 0 bridgehead atoms. The van der Waals surface area contributed by atoms with E-state index in [4.69, 9.17) is 0 Å². The molecule has 1 aromatic carbocycles. The van der Waals surface area contributed by atoms with Crippen LogP contribution in [-0.2, 0) is 11.3 Å². The molecule has 138 valence electrons. The third-order valence-electron chi connectivity index (χ3n) is 5.27. The fourth-order valence-corrected chi connectivity index (χ4v) is 4.64. The molecule has 3 rings (SSSR count). The first-order chi connectivity index (χ1) is 12.2. The number of benzene rings is 1. The highest BCUT2D eigenvalue weighted by Crippen LogP contribution is 2.18. The lowest BCUT2D eigenvalue weighted by molar-refractivity contribution is -0.120. The van der Waals surface area contributed by atoms with Crippen molar-refractivity contribution < 1.29 is 4.79 Å². The van der Waals surface area contributed by atoms with Crippen LogP contribution in [0.1, 0.15) is 38.2 Å². The lowest BCUT2D eigenvalue weighted by Crippen LogP contribution is -2.42. The first-order valence-electron chi connectivity index (χ1n) is 9.66. The molecule has 4 nitrogen and oxygen atoms in total. The summed E-state index contributed by atoms with van der Waals surface area (Å²) >= 11 is 2.04. The fourth-order valence-electron chi connectivity index (χ4n) is 3.66. The second kappa shape index (κ2) is 9.60. The minimum absolute atomic E-state index is 0.0547. The van der Waals surface area contributed by atoms with Gasteiger partial charge < -0.3 is 5.32 Å². The zero-order valence-electron chi connectivity index (χ0n) is 15.4. The maximum absolute atomic E-state index is 12.7. The average Bonchev–Trinajstić information content (AvgIpc) is 2.91. The van der Waals surface area contributed by atoms with E-state index in [0.717, 1.165) is 38.4 Å². The Bertz CT molecular complexity index is 552. The topological polar surface area (TPSA) is 35.6 Å². The summed E-state index contributed by atoms with van der Waals surface area (Å²) in [7, 11) is 0. The number of hydrogen-bond donors (Lipinski definition) is 1. The smallest absolute Gasteiger partial charge is 0.241 e. The first kappa shape index (κ1) is 18.7. The van der Waals surface area contributed by atoms with Gasteiger partial charge in [0.05, 0.1) is 6.04 Å². The Morgan fingerprint density at radius 1 is 1.12 bits per heavy atom. The van der Waals surface area contributed by atoms with Crippen LogP contribution in [0.15, 0.2) is 24.3 Å². The van der Waals surface area contributed by atoms with Crippen molar-refractivity contribution in [3.8, 4) is 0 Å². The van der Waals surface area contributed by atoms with Gasteiger partial charge in [-0.05, 0) is 50.6 Å². The maximum Gasteiger partial charge on any atom is 0.241 e. The summed E-state index contributed by atoms with van der Waals surface area (Å²) < 4.78 is 0. The summed E-state index contributed by atoms with van der Waals surface area (Å²) in [4.78, 5) is 17.5. The highest BCUT2D eigenvalue weighted by Gasteiger charge is 2.22. The number of thioether (sulfide) groups is 1. The Labute approximate surface area is 156 Å². The van der Waals surface area contributed by atoms with Crippen LogP contribution in [0, 0.1) is 0 Å². The van der Waals surface area contributed by atoms with E-state index in [1.54, 1.807) is 0 Å². The van der Waals surface area contributed by atoms with Crippen molar-refractivity contribution in [2.24, 2.45) is 0 Å². The molecule has 0 radical (unpaired) electrons. The summed E-state index contributed by atoms with van der Waals surface area (Å²) in [5.41, 5.74) is 2.21. The largest absolute Gasteiger partial charge is 0.325 e. The maximum atomic E-state index is 12.7. The summed E-state index contributed by atoms with van der Waals surface area (Å²) in [5, 5.41) is 3.13. The lowest BCUT2D eigenvalue weighted by Gasteiger charge is -2.27. The van der Waals surface area contributed by atoms with E-state index in [9.17, 15) is 4.79 Å². The van der Waals surface area contributed by atoms with Crippen LogP contribution in [0.4, 0.5) is 5.69 Å².